The summed E-state index contributed by atoms with van der Waals surface area (Å²) in [6.45, 7) is 4.03. The molecule has 0 aliphatic heterocycles. The van der Waals surface area contributed by atoms with Gasteiger partial charge in [-0.05, 0) is 55.3 Å². The molecule has 1 heterocycles. The molecule has 0 saturated carbocycles. The van der Waals surface area contributed by atoms with Crippen LogP contribution in [-0.2, 0) is 0 Å². The van der Waals surface area contributed by atoms with Gasteiger partial charge in [0.15, 0.2) is 11.5 Å². The minimum atomic E-state index is 0.462. The summed E-state index contributed by atoms with van der Waals surface area (Å²) in [7, 11) is 3.17. The smallest absolute Gasteiger partial charge is 0.161 e. The third-order valence-corrected chi connectivity index (χ3v) is 4.14. The van der Waals surface area contributed by atoms with Crippen molar-refractivity contribution in [3.8, 4) is 22.8 Å². The summed E-state index contributed by atoms with van der Waals surface area (Å²) in [5.41, 5.74) is 3.69. The predicted octanol–water partition coefficient (Wildman–Crippen LogP) is 4.02. The fraction of sp³-hybridized carbons (Fsp3) is 0.211. The summed E-state index contributed by atoms with van der Waals surface area (Å²) in [4.78, 5) is 0. The van der Waals surface area contributed by atoms with Crippen molar-refractivity contribution in [3.05, 3.63) is 52.9 Å². The number of benzene rings is 2. The Hall–Kier alpha value is -2.95. The molecule has 5 nitrogen and oxygen atoms in total. The van der Waals surface area contributed by atoms with E-state index in [0.29, 0.717) is 28.2 Å². The van der Waals surface area contributed by atoms with E-state index >= 15 is 0 Å². The van der Waals surface area contributed by atoms with Gasteiger partial charge < -0.3 is 19.1 Å². The van der Waals surface area contributed by atoms with E-state index in [4.69, 9.17) is 13.9 Å². The van der Waals surface area contributed by atoms with E-state index in [1.165, 1.54) is 0 Å². The molecule has 3 aromatic rings. The first-order valence-corrected chi connectivity index (χ1v) is 7.53. The summed E-state index contributed by atoms with van der Waals surface area (Å²) >= 11 is 0. The number of aryl methyl sites for hydroxylation is 2. The lowest BCUT2D eigenvalue weighted by atomic mass is 10.1. The van der Waals surface area contributed by atoms with E-state index in [9.17, 15) is 5.21 Å². The van der Waals surface area contributed by atoms with Gasteiger partial charge in [0.25, 0.3) is 0 Å². The zero-order valence-corrected chi connectivity index (χ0v) is 14.1. The summed E-state index contributed by atoms with van der Waals surface area (Å²) in [6, 6.07) is 11.1. The van der Waals surface area contributed by atoms with Crippen molar-refractivity contribution in [2.45, 2.75) is 13.8 Å². The summed E-state index contributed by atoms with van der Waals surface area (Å²) in [5, 5.41) is 14.0. The average molecular weight is 325 g/mol. The zero-order chi connectivity index (χ0) is 17.3. The van der Waals surface area contributed by atoms with Gasteiger partial charge >= 0.3 is 0 Å². The monoisotopic (exact) mass is 325 g/mol. The predicted molar refractivity (Wildman–Crippen MR) is 91.6 cm³/mol. The lowest BCUT2D eigenvalue weighted by Crippen LogP contribution is -2.04. The fourth-order valence-electron chi connectivity index (χ4n) is 2.64. The van der Waals surface area contributed by atoms with Crippen LogP contribution in [0.5, 0.6) is 11.5 Å². The topological polar surface area (TPSA) is 64.2 Å². The van der Waals surface area contributed by atoms with Gasteiger partial charge in [0, 0.05) is 17.0 Å². The van der Waals surface area contributed by atoms with Crippen LogP contribution in [0.15, 0.2) is 46.0 Å². The SMILES string of the molecule is COc1ccc(-c2c/c(=N\O)c3cc(C)c(C)cc3o2)cc1OC. The normalized spacial score (nSPS) is 11.8. The molecule has 124 valence electrons. The molecule has 5 heteroatoms. The minimum Gasteiger partial charge on any atom is -0.493 e. The van der Waals surface area contributed by atoms with Gasteiger partial charge in [0.2, 0.25) is 0 Å². The molecule has 0 amide bonds. The second kappa shape index (κ2) is 6.28. The van der Waals surface area contributed by atoms with Crippen LogP contribution in [0.4, 0.5) is 0 Å². The molecule has 0 fully saturated rings. The Labute approximate surface area is 139 Å². The van der Waals surface area contributed by atoms with Crippen LogP contribution in [0, 0.1) is 13.8 Å². The first-order valence-electron chi connectivity index (χ1n) is 7.53. The first-order chi connectivity index (χ1) is 11.6. The molecular formula is C19H19NO4. The maximum atomic E-state index is 9.39. The summed E-state index contributed by atoms with van der Waals surface area (Å²) < 4.78 is 16.6. The number of hydrogen-bond donors (Lipinski definition) is 1. The molecule has 0 atom stereocenters. The Kier molecular flexibility index (Phi) is 4.16. The third kappa shape index (κ3) is 2.69. The third-order valence-electron chi connectivity index (χ3n) is 4.14. The van der Waals surface area contributed by atoms with Gasteiger partial charge in [-0.1, -0.05) is 5.16 Å². The van der Waals surface area contributed by atoms with E-state index in [1.807, 2.05) is 44.2 Å². The van der Waals surface area contributed by atoms with Crippen molar-refractivity contribution in [2.24, 2.45) is 5.16 Å². The van der Waals surface area contributed by atoms with Crippen molar-refractivity contribution in [1.29, 1.82) is 0 Å². The van der Waals surface area contributed by atoms with Crippen LogP contribution < -0.4 is 14.8 Å². The van der Waals surface area contributed by atoms with Crippen molar-refractivity contribution in [3.63, 3.8) is 0 Å². The highest BCUT2D eigenvalue weighted by Gasteiger charge is 2.11. The fourth-order valence-corrected chi connectivity index (χ4v) is 2.64. The second-order valence-corrected chi connectivity index (χ2v) is 5.60. The van der Waals surface area contributed by atoms with E-state index in [-0.39, 0.29) is 0 Å². The van der Waals surface area contributed by atoms with Gasteiger partial charge in [-0.15, -0.1) is 0 Å². The van der Waals surface area contributed by atoms with E-state index in [0.717, 1.165) is 22.1 Å². The molecule has 24 heavy (non-hydrogen) atoms. The highest BCUT2D eigenvalue weighted by molar-refractivity contribution is 5.80. The van der Waals surface area contributed by atoms with Crippen LogP contribution >= 0.6 is 0 Å². The Morgan fingerprint density at radius 2 is 1.62 bits per heavy atom. The minimum absolute atomic E-state index is 0.462. The van der Waals surface area contributed by atoms with Crippen LogP contribution in [-0.4, -0.2) is 19.4 Å². The van der Waals surface area contributed by atoms with Gasteiger partial charge in [0.05, 0.1) is 14.2 Å². The molecule has 0 bridgehead atoms. The molecule has 0 radical (unpaired) electrons. The number of nitrogens with zero attached hydrogens (tertiary/aromatic N) is 1. The zero-order valence-electron chi connectivity index (χ0n) is 14.1. The van der Waals surface area contributed by atoms with Gasteiger partial charge in [0.1, 0.15) is 16.7 Å². The number of ether oxygens (including phenoxy) is 2. The average Bonchev–Trinajstić information content (AvgIpc) is 2.61. The van der Waals surface area contributed by atoms with Gasteiger partial charge in [-0.3, -0.25) is 0 Å². The quantitative estimate of drug-likeness (QED) is 0.583. The van der Waals surface area contributed by atoms with Crippen LogP contribution in [0.2, 0.25) is 0 Å². The first kappa shape index (κ1) is 15.9. The molecule has 0 saturated heterocycles. The summed E-state index contributed by atoms with van der Waals surface area (Å²) in [6.07, 6.45) is 0. The van der Waals surface area contributed by atoms with Crippen molar-refractivity contribution in [1.82, 2.24) is 0 Å². The van der Waals surface area contributed by atoms with Crippen LogP contribution in [0.25, 0.3) is 22.3 Å². The van der Waals surface area contributed by atoms with Crippen molar-refractivity contribution >= 4 is 11.0 Å². The maximum absolute atomic E-state index is 9.39. The lowest BCUT2D eigenvalue weighted by molar-refractivity contribution is 0.302. The van der Waals surface area contributed by atoms with Crippen molar-refractivity contribution < 1.29 is 19.1 Å². The largest absolute Gasteiger partial charge is 0.493 e. The number of methoxy groups -OCH3 is 2. The molecule has 2 aromatic carbocycles. The number of fused-ring (bicyclic) bond motifs is 1. The van der Waals surface area contributed by atoms with Crippen molar-refractivity contribution in [2.75, 3.05) is 14.2 Å². The molecule has 1 aromatic heterocycles. The highest BCUT2D eigenvalue weighted by atomic mass is 16.5. The molecule has 3 rings (SSSR count). The van der Waals surface area contributed by atoms with E-state index < -0.39 is 0 Å². The maximum Gasteiger partial charge on any atom is 0.161 e. The van der Waals surface area contributed by atoms with E-state index in [1.54, 1.807) is 20.3 Å². The Morgan fingerprint density at radius 1 is 0.917 bits per heavy atom. The molecule has 0 spiro atoms. The lowest BCUT2D eigenvalue weighted by Gasteiger charge is -2.10. The number of rotatable bonds is 3. The Balaban J connectivity index is 2.26. The molecule has 0 aliphatic carbocycles. The second-order valence-electron chi connectivity index (χ2n) is 5.60. The molecule has 0 unspecified atom stereocenters. The van der Waals surface area contributed by atoms with Crippen LogP contribution in [0.3, 0.4) is 0 Å². The molecular weight excluding hydrogens is 306 g/mol. The summed E-state index contributed by atoms with van der Waals surface area (Å²) in [5.74, 6) is 1.83. The highest BCUT2D eigenvalue weighted by Crippen LogP contribution is 2.33. The van der Waals surface area contributed by atoms with Gasteiger partial charge in [-0.2, -0.15) is 0 Å². The van der Waals surface area contributed by atoms with E-state index in [2.05, 4.69) is 5.16 Å². The Bertz CT molecular complexity index is 973. The van der Waals surface area contributed by atoms with Gasteiger partial charge in [-0.25, -0.2) is 0 Å². The standard InChI is InChI=1S/C19H19NO4/c1-11-7-14-15(20-21)10-17(24-18(14)8-12(11)2)13-5-6-16(22-3)19(9-13)23-4/h5-10,21H,1-4H3/b20-15+. The van der Waals surface area contributed by atoms with Crippen LogP contribution in [0.1, 0.15) is 11.1 Å². The Morgan fingerprint density at radius 3 is 2.29 bits per heavy atom. The molecule has 1 N–H and O–H groups in total. The number of hydrogen-bond acceptors (Lipinski definition) is 5. The molecule has 0 aliphatic rings.